The Hall–Kier alpha value is -3.00. The number of amides is 1. The number of quaternary nitrogens is 1. The molecule has 2 aromatic carbocycles. The summed E-state index contributed by atoms with van der Waals surface area (Å²) >= 11 is 0. The normalized spacial score (nSPS) is 11.9. The quantitative estimate of drug-likeness (QED) is 0.535. The minimum atomic E-state index is -0.527. The molecule has 0 aromatic heterocycles. The minimum Gasteiger partial charge on any atom is -0.490 e. The van der Waals surface area contributed by atoms with Crippen LogP contribution >= 0.6 is 0 Å². The number of rotatable bonds is 8. The van der Waals surface area contributed by atoms with Gasteiger partial charge < -0.3 is 15.4 Å². The molecule has 0 aliphatic heterocycles. The average Bonchev–Trinajstić information content (AvgIpc) is 2.64. The van der Waals surface area contributed by atoms with Crippen LogP contribution in [0.25, 0.3) is 0 Å². The first-order valence-electron chi connectivity index (χ1n) is 8.94. The summed E-state index contributed by atoms with van der Waals surface area (Å²) in [6.07, 6.45) is 0. The van der Waals surface area contributed by atoms with Gasteiger partial charge in [0.25, 0.3) is 5.91 Å². The summed E-state index contributed by atoms with van der Waals surface area (Å²) in [5, 5.41) is 15.7. The van der Waals surface area contributed by atoms with Gasteiger partial charge in [-0.2, -0.15) is 0 Å². The molecule has 0 heterocycles. The fourth-order valence-corrected chi connectivity index (χ4v) is 3.03. The van der Waals surface area contributed by atoms with Gasteiger partial charge in [0, 0.05) is 29.3 Å². The summed E-state index contributed by atoms with van der Waals surface area (Å²) in [6.45, 7) is 5.90. The van der Waals surface area contributed by atoms with Crippen molar-refractivity contribution in [1.82, 2.24) is 0 Å². The molecule has 2 rings (SSSR count). The van der Waals surface area contributed by atoms with Gasteiger partial charge in [0.05, 0.1) is 12.0 Å². The SMILES string of the molecule is COc1cc(NC(=O)C[NH2+][C@@H](c2ccc(F)cc2)C(C)C)c(C)cc1[N+](=O)[O-]. The third-order valence-corrected chi connectivity index (χ3v) is 4.53. The van der Waals surface area contributed by atoms with E-state index in [2.05, 4.69) is 5.32 Å². The van der Waals surface area contributed by atoms with Crippen molar-refractivity contribution in [3.63, 3.8) is 0 Å². The van der Waals surface area contributed by atoms with E-state index in [0.717, 1.165) is 5.56 Å². The van der Waals surface area contributed by atoms with Gasteiger partial charge in [-0.15, -0.1) is 0 Å². The number of ether oxygens (including phenoxy) is 1. The smallest absolute Gasteiger partial charge is 0.311 e. The number of nitrogens with one attached hydrogen (secondary N) is 1. The maximum Gasteiger partial charge on any atom is 0.311 e. The Labute approximate surface area is 163 Å². The number of aryl methyl sites for hydroxylation is 1. The summed E-state index contributed by atoms with van der Waals surface area (Å²) in [7, 11) is 1.34. The van der Waals surface area contributed by atoms with Crippen LogP contribution in [0, 0.1) is 28.8 Å². The molecule has 8 heteroatoms. The zero-order valence-corrected chi connectivity index (χ0v) is 16.4. The number of nitro groups is 1. The molecule has 2 aromatic rings. The molecule has 0 aliphatic rings. The maximum atomic E-state index is 13.2. The second-order valence-corrected chi connectivity index (χ2v) is 6.91. The number of halogens is 1. The number of carbonyl (C=O) groups excluding carboxylic acids is 1. The number of methoxy groups -OCH3 is 1. The van der Waals surface area contributed by atoms with Gasteiger partial charge in [0.15, 0.2) is 12.3 Å². The molecule has 1 atom stereocenters. The molecule has 7 nitrogen and oxygen atoms in total. The van der Waals surface area contributed by atoms with E-state index in [9.17, 15) is 19.3 Å². The first-order chi connectivity index (χ1) is 13.2. The van der Waals surface area contributed by atoms with E-state index >= 15 is 0 Å². The van der Waals surface area contributed by atoms with Crippen LogP contribution in [0.3, 0.4) is 0 Å². The van der Waals surface area contributed by atoms with Gasteiger partial charge in [0.2, 0.25) is 0 Å². The largest absolute Gasteiger partial charge is 0.490 e. The zero-order chi connectivity index (χ0) is 20.8. The highest BCUT2D eigenvalue weighted by Crippen LogP contribution is 2.32. The Kier molecular flexibility index (Phi) is 7.06. The molecular formula is C20H25FN3O4+. The zero-order valence-electron chi connectivity index (χ0n) is 16.4. The van der Waals surface area contributed by atoms with Crippen molar-refractivity contribution in [2.45, 2.75) is 26.8 Å². The molecule has 0 bridgehead atoms. The molecule has 0 saturated heterocycles. The first-order valence-corrected chi connectivity index (χ1v) is 8.94. The molecule has 3 N–H and O–H groups in total. The van der Waals surface area contributed by atoms with Crippen LogP contribution in [0.15, 0.2) is 36.4 Å². The molecule has 0 aliphatic carbocycles. The second kappa shape index (κ2) is 9.27. The van der Waals surface area contributed by atoms with Gasteiger partial charge in [-0.1, -0.05) is 26.0 Å². The Morgan fingerprint density at radius 3 is 2.46 bits per heavy atom. The topological polar surface area (TPSA) is 98.1 Å². The molecule has 150 valence electrons. The van der Waals surface area contributed by atoms with Crippen LogP contribution in [-0.4, -0.2) is 24.5 Å². The molecule has 1 amide bonds. The Morgan fingerprint density at radius 1 is 1.29 bits per heavy atom. The summed E-state index contributed by atoms with van der Waals surface area (Å²) in [6, 6.07) is 9.08. The monoisotopic (exact) mass is 390 g/mol. The van der Waals surface area contributed by atoms with Gasteiger partial charge in [-0.3, -0.25) is 14.9 Å². The molecule has 0 saturated carbocycles. The third kappa shape index (κ3) is 5.26. The van der Waals surface area contributed by atoms with Gasteiger partial charge in [-0.25, -0.2) is 4.39 Å². The summed E-state index contributed by atoms with van der Waals surface area (Å²) in [5.41, 5.74) is 1.82. The lowest BCUT2D eigenvalue weighted by molar-refractivity contribution is -0.692. The van der Waals surface area contributed by atoms with E-state index in [1.54, 1.807) is 19.1 Å². The van der Waals surface area contributed by atoms with E-state index in [4.69, 9.17) is 4.74 Å². The Bertz CT molecular complexity index is 853. The number of nitro benzene ring substituents is 1. The number of benzene rings is 2. The highest BCUT2D eigenvalue weighted by Gasteiger charge is 2.22. The molecule has 0 radical (unpaired) electrons. The van der Waals surface area contributed by atoms with Crippen molar-refractivity contribution in [2.75, 3.05) is 19.0 Å². The van der Waals surface area contributed by atoms with E-state index in [1.807, 2.05) is 19.2 Å². The lowest BCUT2D eigenvalue weighted by Gasteiger charge is -2.19. The lowest BCUT2D eigenvalue weighted by atomic mass is 9.96. The molecule has 0 unspecified atom stereocenters. The van der Waals surface area contributed by atoms with Crippen LogP contribution < -0.4 is 15.4 Å². The fraction of sp³-hybridized carbons (Fsp3) is 0.350. The summed E-state index contributed by atoms with van der Waals surface area (Å²) in [5.74, 6) is -0.223. The number of nitrogens with zero attached hydrogens (tertiary/aromatic N) is 1. The molecule has 0 fully saturated rings. The highest BCUT2D eigenvalue weighted by molar-refractivity contribution is 5.92. The standard InChI is InChI=1S/C20H24FN3O4/c1-12(2)20(14-5-7-15(21)8-6-14)22-11-19(25)23-16-10-18(28-4)17(24(26)27)9-13(16)3/h5-10,12,20,22H,11H2,1-4H3,(H,23,25)/p+1/t20-/m1/s1. The fourth-order valence-electron chi connectivity index (χ4n) is 3.03. The summed E-state index contributed by atoms with van der Waals surface area (Å²) in [4.78, 5) is 23.0. The highest BCUT2D eigenvalue weighted by atomic mass is 19.1. The Balaban J connectivity index is 2.08. The number of hydrogen-bond donors (Lipinski definition) is 2. The van der Waals surface area contributed by atoms with Crippen LogP contribution in [0.2, 0.25) is 0 Å². The van der Waals surface area contributed by atoms with Gasteiger partial charge >= 0.3 is 5.69 Å². The van der Waals surface area contributed by atoms with E-state index in [0.29, 0.717) is 11.3 Å². The van der Waals surface area contributed by atoms with Crippen molar-refractivity contribution in [3.8, 4) is 5.75 Å². The number of anilines is 1. The molecule has 28 heavy (non-hydrogen) atoms. The van der Waals surface area contributed by atoms with E-state index in [1.165, 1.54) is 31.4 Å². The van der Waals surface area contributed by atoms with Crippen LogP contribution in [0.1, 0.15) is 31.0 Å². The van der Waals surface area contributed by atoms with E-state index in [-0.39, 0.29) is 41.7 Å². The molecular weight excluding hydrogens is 365 g/mol. The van der Waals surface area contributed by atoms with Crippen LogP contribution in [0.4, 0.5) is 15.8 Å². The Morgan fingerprint density at radius 2 is 1.93 bits per heavy atom. The average molecular weight is 390 g/mol. The van der Waals surface area contributed by atoms with E-state index < -0.39 is 4.92 Å². The van der Waals surface area contributed by atoms with Crippen molar-refractivity contribution in [2.24, 2.45) is 5.92 Å². The van der Waals surface area contributed by atoms with Gasteiger partial charge in [0.1, 0.15) is 11.9 Å². The predicted octanol–water partition coefficient (Wildman–Crippen LogP) is 2.95. The first kappa shape index (κ1) is 21.3. The van der Waals surface area contributed by atoms with Crippen molar-refractivity contribution in [1.29, 1.82) is 0 Å². The number of nitrogens with two attached hydrogens (primary N) is 1. The maximum absolute atomic E-state index is 13.2. The van der Waals surface area contributed by atoms with Crippen molar-refractivity contribution in [3.05, 3.63) is 63.5 Å². The van der Waals surface area contributed by atoms with Gasteiger partial charge in [-0.05, 0) is 24.6 Å². The molecule has 0 spiro atoms. The van der Waals surface area contributed by atoms with Crippen molar-refractivity contribution < 1.29 is 24.2 Å². The number of hydrogen-bond acceptors (Lipinski definition) is 4. The third-order valence-electron chi connectivity index (χ3n) is 4.53. The predicted molar refractivity (Wildman–Crippen MR) is 104 cm³/mol. The minimum absolute atomic E-state index is 0.00107. The van der Waals surface area contributed by atoms with Crippen LogP contribution in [0.5, 0.6) is 5.75 Å². The second-order valence-electron chi connectivity index (χ2n) is 6.91. The van der Waals surface area contributed by atoms with Crippen molar-refractivity contribution >= 4 is 17.3 Å². The number of carbonyl (C=O) groups is 1. The summed E-state index contributed by atoms with van der Waals surface area (Å²) < 4.78 is 18.2. The van der Waals surface area contributed by atoms with Crippen LogP contribution in [-0.2, 0) is 4.79 Å². The lowest BCUT2D eigenvalue weighted by Crippen LogP contribution is -2.88.